The van der Waals surface area contributed by atoms with Crippen molar-refractivity contribution in [3.63, 3.8) is 0 Å². The number of nitrogens with zero attached hydrogens (tertiary/aromatic N) is 2. The Morgan fingerprint density at radius 2 is 1.87 bits per heavy atom. The van der Waals surface area contributed by atoms with Crippen LogP contribution in [0.4, 0.5) is 11.4 Å². The highest BCUT2D eigenvalue weighted by Crippen LogP contribution is 2.29. The maximum Gasteiger partial charge on any atom is 0.255 e. The molecule has 0 saturated carbocycles. The van der Waals surface area contributed by atoms with Crippen LogP contribution in [0, 0.1) is 13.8 Å². The molecule has 0 saturated heterocycles. The number of aromatic nitrogens is 1. The van der Waals surface area contributed by atoms with Crippen LogP contribution >= 0.6 is 0 Å². The number of benzene rings is 2. The molecule has 2 aromatic carbocycles. The quantitative estimate of drug-likeness (QED) is 0.691. The Hall–Kier alpha value is -3.67. The van der Waals surface area contributed by atoms with Crippen LogP contribution in [0.2, 0.25) is 0 Å². The number of aryl methyl sites for hydroxylation is 2. The van der Waals surface area contributed by atoms with Gasteiger partial charge in [0.05, 0.1) is 11.9 Å². The predicted octanol–water partition coefficient (Wildman–Crippen LogP) is 4.65. The monoisotopic (exact) mass is 401 g/mol. The van der Waals surface area contributed by atoms with Gasteiger partial charge in [0.15, 0.2) is 0 Å². The number of anilines is 2. The second kappa shape index (κ2) is 7.99. The molecule has 0 aliphatic carbocycles. The molecular weight excluding hydrogens is 378 g/mol. The zero-order valence-corrected chi connectivity index (χ0v) is 17.2. The molecule has 1 aromatic heterocycles. The lowest BCUT2D eigenvalue weighted by Gasteiger charge is -2.14. The number of nitrogens with one attached hydrogen (secondary N) is 1. The minimum absolute atomic E-state index is 0.0140. The maximum atomic E-state index is 12.6. The Labute approximate surface area is 175 Å². The van der Waals surface area contributed by atoms with Gasteiger partial charge in [-0.05, 0) is 73.4 Å². The Morgan fingerprint density at radius 3 is 2.57 bits per heavy atom. The fourth-order valence-corrected chi connectivity index (χ4v) is 3.49. The summed E-state index contributed by atoms with van der Waals surface area (Å²) < 4.78 is 5.78. The number of hydrogen-bond acceptors (Lipinski definition) is 4. The summed E-state index contributed by atoms with van der Waals surface area (Å²) in [6.45, 7) is 6.29. The van der Waals surface area contributed by atoms with Crippen molar-refractivity contribution in [2.24, 2.45) is 0 Å². The average Bonchev–Trinajstić information content (AvgIpc) is 3.16. The molecule has 0 unspecified atom stereocenters. The van der Waals surface area contributed by atoms with E-state index in [9.17, 15) is 9.59 Å². The highest BCUT2D eigenvalue weighted by Gasteiger charge is 2.23. The van der Waals surface area contributed by atoms with Crippen molar-refractivity contribution < 1.29 is 14.3 Å². The molecule has 152 valence electrons. The number of pyridine rings is 1. The van der Waals surface area contributed by atoms with Gasteiger partial charge in [0.25, 0.3) is 5.91 Å². The van der Waals surface area contributed by atoms with E-state index in [1.807, 2.05) is 37.3 Å². The Bertz CT molecular complexity index is 1120. The van der Waals surface area contributed by atoms with Gasteiger partial charge < -0.3 is 15.0 Å². The molecule has 4 rings (SSSR count). The highest BCUT2D eigenvalue weighted by molar-refractivity contribution is 6.05. The van der Waals surface area contributed by atoms with E-state index in [2.05, 4.69) is 17.2 Å². The number of carbonyl (C=O) groups is 2. The van der Waals surface area contributed by atoms with Crippen molar-refractivity contribution in [1.29, 1.82) is 0 Å². The van der Waals surface area contributed by atoms with Crippen LogP contribution in [0.3, 0.4) is 0 Å². The van der Waals surface area contributed by atoms with Gasteiger partial charge in [-0.2, -0.15) is 0 Å². The van der Waals surface area contributed by atoms with Crippen LogP contribution in [0.25, 0.3) is 0 Å². The summed E-state index contributed by atoms with van der Waals surface area (Å²) in [7, 11) is 0. The molecule has 6 nitrogen and oxygen atoms in total. The Morgan fingerprint density at radius 1 is 1.03 bits per heavy atom. The van der Waals surface area contributed by atoms with Crippen LogP contribution in [-0.2, 0) is 11.2 Å². The summed E-state index contributed by atoms with van der Waals surface area (Å²) in [6.07, 6.45) is 2.32. The Kier molecular flexibility index (Phi) is 5.23. The molecule has 1 aliphatic rings. The van der Waals surface area contributed by atoms with Crippen molar-refractivity contribution in [2.45, 2.75) is 27.2 Å². The first kappa shape index (κ1) is 19.6. The molecule has 6 heteroatoms. The maximum absolute atomic E-state index is 12.6. The van der Waals surface area contributed by atoms with Gasteiger partial charge in [0.2, 0.25) is 11.8 Å². The number of rotatable bonds is 4. The molecule has 0 radical (unpaired) electrons. The second-order valence-electron chi connectivity index (χ2n) is 7.45. The van der Waals surface area contributed by atoms with Crippen LogP contribution < -0.4 is 15.0 Å². The predicted molar refractivity (Wildman–Crippen MR) is 116 cm³/mol. The number of carbonyl (C=O) groups excluding carboxylic acids is 2. The smallest absolute Gasteiger partial charge is 0.255 e. The molecular formula is C24H23N3O3. The number of amides is 2. The second-order valence-corrected chi connectivity index (χ2v) is 7.45. The molecule has 2 heterocycles. The molecule has 0 bridgehead atoms. The summed E-state index contributed by atoms with van der Waals surface area (Å²) in [5.74, 6) is 0.974. The summed E-state index contributed by atoms with van der Waals surface area (Å²) >= 11 is 0. The van der Waals surface area contributed by atoms with Crippen LogP contribution in [-0.4, -0.2) is 23.3 Å². The van der Waals surface area contributed by atoms with E-state index < -0.39 is 0 Å². The Balaban J connectivity index is 1.43. The van der Waals surface area contributed by atoms with Gasteiger partial charge in [0.1, 0.15) is 5.75 Å². The first-order valence-corrected chi connectivity index (χ1v) is 9.84. The number of fused-ring (bicyclic) bond motifs is 1. The fourth-order valence-electron chi connectivity index (χ4n) is 3.49. The summed E-state index contributed by atoms with van der Waals surface area (Å²) in [5.41, 5.74) is 5.38. The lowest BCUT2D eigenvalue weighted by atomic mass is 10.1. The van der Waals surface area contributed by atoms with Gasteiger partial charge in [0, 0.05) is 30.8 Å². The highest BCUT2D eigenvalue weighted by atomic mass is 16.5. The van der Waals surface area contributed by atoms with Gasteiger partial charge in [-0.15, -0.1) is 0 Å². The standard InChI is InChI=1S/C24H23N3O3/c1-15-4-7-21(12-16(15)2)30-23-9-6-20(14-25-23)26-24(29)19-5-8-22-18(13-19)10-11-27(22)17(3)28/h4-9,12-14H,10-11H2,1-3H3,(H,26,29). The van der Waals surface area contributed by atoms with Crippen LogP contribution in [0.1, 0.15) is 34.0 Å². The normalized spacial score (nSPS) is 12.4. The summed E-state index contributed by atoms with van der Waals surface area (Å²) in [4.78, 5) is 30.3. The van der Waals surface area contributed by atoms with E-state index in [0.717, 1.165) is 29.0 Å². The van der Waals surface area contributed by atoms with Crippen molar-refractivity contribution >= 4 is 23.2 Å². The average molecular weight is 401 g/mol. The third kappa shape index (κ3) is 4.03. The summed E-state index contributed by atoms with van der Waals surface area (Å²) in [6, 6.07) is 14.8. The van der Waals surface area contributed by atoms with Crippen LogP contribution in [0.5, 0.6) is 11.6 Å². The van der Waals surface area contributed by atoms with Gasteiger partial charge in [-0.3, -0.25) is 9.59 Å². The molecule has 1 aliphatic heterocycles. The zero-order chi connectivity index (χ0) is 21.3. The fraction of sp³-hybridized carbons (Fsp3) is 0.208. The molecule has 2 amide bonds. The van der Waals surface area contributed by atoms with E-state index in [4.69, 9.17) is 4.74 Å². The first-order chi connectivity index (χ1) is 14.4. The molecule has 0 spiro atoms. The number of hydrogen-bond donors (Lipinski definition) is 1. The first-order valence-electron chi connectivity index (χ1n) is 9.84. The largest absolute Gasteiger partial charge is 0.439 e. The van der Waals surface area contributed by atoms with Crippen molar-refractivity contribution in [3.05, 3.63) is 77.0 Å². The van der Waals surface area contributed by atoms with Gasteiger partial charge >= 0.3 is 0 Å². The van der Waals surface area contributed by atoms with Crippen molar-refractivity contribution in [3.8, 4) is 11.6 Å². The van der Waals surface area contributed by atoms with E-state index in [1.54, 1.807) is 36.2 Å². The molecule has 0 atom stereocenters. The van der Waals surface area contributed by atoms with Crippen LogP contribution in [0.15, 0.2) is 54.7 Å². The van der Waals surface area contributed by atoms with E-state index in [-0.39, 0.29) is 11.8 Å². The molecule has 30 heavy (non-hydrogen) atoms. The van der Waals surface area contributed by atoms with E-state index in [0.29, 0.717) is 23.7 Å². The summed E-state index contributed by atoms with van der Waals surface area (Å²) in [5, 5.41) is 2.85. The van der Waals surface area contributed by atoms with E-state index in [1.165, 1.54) is 5.56 Å². The third-order valence-corrected chi connectivity index (χ3v) is 5.31. The molecule has 3 aromatic rings. The zero-order valence-electron chi connectivity index (χ0n) is 17.2. The minimum Gasteiger partial charge on any atom is -0.439 e. The van der Waals surface area contributed by atoms with Crippen molar-refractivity contribution in [2.75, 3.05) is 16.8 Å². The van der Waals surface area contributed by atoms with Gasteiger partial charge in [-0.25, -0.2) is 4.98 Å². The topological polar surface area (TPSA) is 71.5 Å². The number of ether oxygens (including phenoxy) is 1. The lowest BCUT2D eigenvalue weighted by Crippen LogP contribution is -2.25. The molecule has 0 fully saturated rings. The van der Waals surface area contributed by atoms with E-state index >= 15 is 0 Å². The third-order valence-electron chi connectivity index (χ3n) is 5.31. The van der Waals surface area contributed by atoms with Crippen molar-refractivity contribution in [1.82, 2.24) is 4.98 Å². The SMILES string of the molecule is CC(=O)N1CCc2cc(C(=O)Nc3ccc(Oc4ccc(C)c(C)c4)nc3)ccc21. The lowest BCUT2D eigenvalue weighted by molar-refractivity contribution is -0.116. The van der Waals surface area contributed by atoms with Gasteiger partial charge in [-0.1, -0.05) is 6.07 Å². The minimum atomic E-state index is -0.219. The molecule has 1 N–H and O–H groups in total.